The summed E-state index contributed by atoms with van der Waals surface area (Å²) in [7, 11) is 1.61. The summed E-state index contributed by atoms with van der Waals surface area (Å²) in [5.74, 6) is -0.201. The van der Waals surface area contributed by atoms with Gasteiger partial charge in [0, 0.05) is 20.1 Å². The van der Waals surface area contributed by atoms with Crippen LogP contribution in [-0.2, 0) is 19.0 Å². The van der Waals surface area contributed by atoms with Crippen LogP contribution >= 0.6 is 0 Å². The molecule has 5 heteroatoms. The van der Waals surface area contributed by atoms with E-state index in [4.69, 9.17) is 19.3 Å². The third kappa shape index (κ3) is 11.4. The molecule has 0 heterocycles. The summed E-state index contributed by atoms with van der Waals surface area (Å²) in [5, 5.41) is 8.53. The highest BCUT2D eigenvalue weighted by Gasteiger charge is 2.01. The molecular formula is C11H22O5. The second-order valence-corrected chi connectivity index (χ2v) is 3.36. The molecule has 0 aliphatic rings. The van der Waals surface area contributed by atoms with E-state index in [1.54, 1.807) is 7.11 Å². The monoisotopic (exact) mass is 234 g/mol. The Kier molecular flexibility index (Phi) is 11.9. The maximum atomic E-state index is 11.1. The molecule has 0 bridgehead atoms. The molecule has 0 unspecified atom stereocenters. The van der Waals surface area contributed by atoms with Crippen molar-refractivity contribution in [3.05, 3.63) is 0 Å². The topological polar surface area (TPSA) is 65.0 Å². The summed E-state index contributed by atoms with van der Waals surface area (Å²) in [5.41, 5.74) is 0. The van der Waals surface area contributed by atoms with Crippen LogP contribution in [0.4, 0.5) is 0 Å². The SMILES string of the molecule is COCCOCCOC(=O)CCCCCO. The second-order valence-electron chi connectivity index (χ2n) is 3.36. The van der Waals surface area contributed by atoms with Crippen molar-refractivity contribution < 1.29 is 24.1 Å². The Labute approximate surface area is 96.7 Å². The molecule has 0 aliphatic carbocycles. The number of ether oxygens (including phenoxy) is 3. The van der Waals surface area contributed by atoms with Gasteiger partial charge < -0.3 is 19.3 Å². The Morgan fingerprint density at radius 3 is 2.50 bits per heavy atom. The Morgan fingerprint density at radius 2 is 1.81 bits per heavy atom. The van der Waals surface area contributed by atoms with Crippen LogP contribution in [0.5, 0.6) is 0 Å². The molecule has 0 aromatic rings. The van der Waals surface area contributed by atoms with Gasteiger partial charge in [0.1, 0.15) is 6.61 Å². The number of hydrogen-bond acceptors (Lipinski definition) is 5. The van der Waals surface area contributed by atoms with Crippen molar-refractivity contribution in [1.82, 2.24) is 0 Å². The molecule has 96 valence electrons. The van der Waals surface area contributed by atoms with Crippen molar-refractivity contribution in [3.8, 4) is 0 Å². The van der Waals surface area contributed by atoms with Crippen LogP contribution in [0.1, 0.15) is 25.7 Å². The number of methoxy groups -OCH3 is 1. The molecule has 0 atom stereocenters. The predicted octanol–water partition coefficient (Wildman–Crippen LogP) is 0.745. The summed E-state index contributed by atoms with van der Waals surface area (Å²) >= 11 is 0. The summed E-state index contributed by atoms with van der Waals surface area (Å²) in [6.45, 7) is 1.95. The quantitative estimate of drug-likeness (QED) is 0.422. The average molecular weight is 234 g/mol. The van der Waals surface area contributed by atoms with Crippen molar-refractivity contribution in [2.45, 2.75) is 25.7 Å². The number of unbranched alkanes of at least 4 members (excludes halogenated alkanes) is 2. The fourth-order valence-electron chi connectivity index (χ4n) is 1.09. The molecule has 1 N–H and O–H groups in total. The first kappa shape index (κ1) is 15.3. The Morgan fingerprint density at radius 1 is 1.06 bits per heavy atom. The molecule has 0 radical (unpaired) electrons. The first-order chi connectivity index (χ1) is 7.81. The minimum Gasteiger partial charge on any atom is -0.463 e. The van der Waals surface area contributed by atoms with Crippen molar-refractivity contribution >= 4 is 5.97 Å². The van der Waals surface area contributed by atoms with E-state index < -0.39 is 0 Å². The normalized spacial score (nSPS) is 10.4. The van der Waals surface area contributed by atoms with Gasteiger partial charge in [0.15, 0.2) is 0 Å². The Bertz CT molecular complexity index is 160. The summed E-state index contributed by atoms with van der Waals surface area (Å²) in [4.78, 5) is 11.1. The Hall–Kier alpha value is -0.650. The van der Waals surface area contributed by atoms with E-state index in [9.17, 15) is 4.79 Å². The zero-order chi connectivity index (χ0) is 12.1. The third-order valence-corrected chi connectivity index (χ3v) is 1.96. The third-order valence-electron chi connectivity index (χ3n) is 1.96. The smallest absolute Gasteiger partial charge is 0.305 e. The van der Waals surface area contributed by atoms with Crippen LogP contribution in [-0.4, -0.2) is 51.2 Å². The van der Waals surface area contributed by atoms with Crippen LogP contribution < -0.4 is 0 Å². The zero-order valence-corrected chi connectivity index (χ0v) is 9.94. The van der Waals surface area contributed by atoms with E-state index >= 15 is 0 Å². The van der Waals surface area contributed by atoms with Crippen molar-refractivity contribution in [2.75, 3.05) is 40.1 Å². The highest BCUT2D eigenvalue weighted by atomic mass is 16.6. The zero-order valence-electron chi connectivity index (χ0n) is 9.94. The molecule has 0 saturated heterocycles. The lowest BCUT2D eigenvalue weighted by Gasteiger charge is -2.05. The van der Waals surface area contributed by atoms with Gasteiger partial charge in [0.2, 0.25) is 0 Å². The highest BCUT2D eigenvalue weighted by molar-refractivity contribution is 5.69. The minimum absolute atomic E-state index is 0.183. The lowest BCUT2D eigenvalue weighted by atomic mass is 10.2. The van der Waals surface area contributed by atoms with Crippen LogP contribution in [0.2, 0.25) is 0 Å². The standard InChI is InChI=1S/C11H22O5/c1-14-7-8-15-9-10-16-11(13)5-3-2-4-6-12/h12H,2-10H2,1H3. The van der Waals surface area contributed by atoms with Gasteiger partial charge in [-0.1, -0.05) is 6.42 Å². The maximum Gasteiger partial charge on any atom is 0.305 e. The number of esters is 1. The molecule has 0 spiro atoms. The first-order valence-corrected chi connectivity index (χ1v) is 5.64. The van der Waals surface area contributed by atoms with Crippen LogP contribution in [0.15, 0.2) is 0 Å². The summed E-state index contributed by atoms with van der Waals surface area (Å²) in [6, 6.07) is 0. The number of aliphatic hydroxyl groups is 1. The lowest BCUT2D eigenvalue weighted by Crippen LogP contribution is -2.12. The Balaban J connectivity index is 3.11. The fourth-order valence-corrected chi connectivity index (χ4v) is 1.09. The van der Waals surface area contributed by atoms with Crippen molar-refractivity contribution in [1.29, 1.82) is 0 Å². The van der Waals surface area contributed by atoms with Gasteiger partial charge in [-0.25, -0.2) is 0 Å². The number of rotatable bonds is 11. The van der Waals surface area contributed by atoms with Gasteiger partial charge in [-0.15, -0.1) is 0 Å². The molecule has 0 aromatic heterocycles. The van der Waals surface area contributed by atoms with E-state index in [0.717, 1.165) is 19.3 Å². The highest BCUT2D eigenvalue weighted by Crippen LogP contribution is 2.00. The molecule has 0 aromatic carbocycles. The molecule has 0 aliphatic heterocycles. The van der Waals surface area contributed by atoms with E-state index in [1.165, 1.54) is 0 Å². The van der Waals surface area contributed by atoms with Crippen molar-refractivity contribution in [3.63, 3.8) is 0 Å². The summed E-state index contributed by atoms with van der Waals surface area (Å²) in [6.07, 6.45) is 2.78. The van der Waals surface area contributed by atoms with E-state index in [0.29, 0.717) is 32.8 Å². The number of aliphatic hydroxyl groups excluding tert-OH is 1. The number of carbonyl (C=O) groups excluding carboxylic acids is 1. The van der Waals surface area contributed by atoms with Gasteiger partial charge in [-0.3, -0.25) is 4.79 Å². The number of hydrogen-bond donors (Lipinski definition) is 1. The van der Waals surface area contributed by atoms with Gasteiger partial charge in [-0.2, -0.15) is 0 Å². The lowest BCUT2D eigenvalue weighted by molar-refractivity contribution is -0.145. The van der Waals surface area contributed by atoms with E-state index in [-0.39, 0.29) is 12.6 Å². The second kappa shape index (κ2) is 12.4. The molecule has 0 amide bonds. The summed E-state index contributed by atoms with van der Waals surface area (Å²) < 4.78 is 14.9. The van der Waals surface area contributed by atoms with E-state index in [1.807, 2.05) is 0 Å². The average Bonchev–Trinajstić information content (AvgIpc) is 2.29. The molecular weight excluding hydrogens is 212 g/mol. The van der Waals surface area contributed by atoms with Crippen LogP contribution in [0.3, 0.4) is 0 Å². The minimum atomic E-state index is -0.201. The van der Waals surface area contributed by atoms with Gasteiger partial charge in [-0.05, 0) is 12.8 Å². The van der Waals surface area contributed by atoms with Gasteiger partial charge >= 0.3 is 5.97 Å². The largest absolute Gasteiger partial charge is 0.463 e. The molecule has 0 rings (SSSR count). The first-order valence-electron chi connectivity index (χ1n) is 5.64. The van der Waals surface area contributed by atoms with Gasteiger partial charge in [0.25, 0.3) is 0 Å². The number of carbonyl (C=O) groups is 1. The molecule has 16 heavy (non-hydrogen) atoms. The van der Waals surface area contributed by atoms with E-state index in [2.05, 4.69) is 0 Å². The maximum absolute atomic E-state index is 11.1. The van der Waals surface area contributed by atoms with Crippen LogP contribution in [0, 0.1) is 0 Å². The predicted molar refractivity (Wildman–Crippen MR) is 59.2 cm³/mol. The van der Waals surface area contributed by atoms with Crippen molar-refractivity contribution in [2.24, 2.45) is 0 Å². The fraction of sp³-hybridized carbons (Fsp3) is 0.909. The van der Waals surface area contributed by atoms with Crippen LogP contribution in [0.25, 0.3) is 0 Å². The molecule has 0 fully saturated rings. The molecule has 5 nitrogen and oxygen atoms in total. The molecule has 0 saturated carbocycles. The van der Waals surface area contributed by atoms with Gasteiger partial charge in [0.05, 0.1) is 19.8 Å².